The van der Waals surface area contributed by atoms with Crippen LogP contribution < -0.4 is 15.4 Å². The van der Waals surface area contributed by atoms with Crippen molar-refractivity contribution in [3.05, 3.63) is 36.4 Å². The van der Waals surface area contributed by atoms with E-state index < -0.39 is 18.1 Å². The van der Waals surface area contributed by atoms with E-state index in [0.717, 1.165) is 10.5 Å². The van der Waals surface area contributed by atoms with E-state index in [0.29, 0.717) is 52.8 Å². The first kappa shape index (κ1) is 27.3. The second-order valence-electron chi connectivity index (χ2n) is 9.63. The zero-order valence-electron chi connectivity index (χ0n) is 22.4. The van der Waals surface area contributed by atoms with Crippen LogP contribution in [0.2, 0.25) is 0 Å². The van der Waals surface area contributed by atoms with Crippen molar-refractivity contribution in [2.45, 2.75) is 19.1 Å². The maximum atomic E-state index is 14.0. The number of alkyl halides is 3. The highest BCUT2D eigenvalue weighted by atomic mass is 19.4. The molecule has 1 aliphatic rings. The molecule has 0 bridgehead atoms. The lowest BCUT2D eigenvalue weighted by Crippen LogP contribution is -2.58. The minimum absolute atomic E-state index is 0.00211. The number of hydrogen-bond acceptors (Lipinski definition) is 9. The van der Waals surface area contributed by atoms with Gasteiger partial charge in [0.15, 0.2) is 11.9 Å². The van der Waals surface area contributed by atoms with Crippen LogP contribution in [0.5, 0.6) is 5.88 Å². The maximum absolute atomic E-state index is 14.0. The molecule has 0 aliphatic carbocycles. The molecule has 212 valence electrons. The van der Waals surface area contributed by atoms with Gasteiger partial charge in [0.1, 0.15) is 5.69 Å². The normalized spacial score (nSPS) is 15.8. The number of likely N-dealkylation sites (N-methyl/N-ethyl adjacent to an activating group) is 1. The van der Waals surface area contributed by atoms with Crippen LogP contribution in [-0.4, -0.2) is 98.0 Å². The zero-order chi connectivity index (χ0) is 28.6. The average Bonchev–Trinajstić information content (AvgIpc) is 3.49. The third-order valence-corrected chi connectivity index (χ3v) is 6.77. The third kappa shape index (κ3) is 5.42. The summed E-state index contributed by atoms with van der Waals surface area (Å²) in [7, 11) is 5.10. The van der Waals surface area contributed by atoms with Crippen LogP contribution in [0.15, 0.2) is 30.9 Å². The van der Waals surface area contributed by atoms with Crippen molar-refractivity contribution in [1.29, 1.82) is 0 Å². The SMILES string of the molecule is COc1nn(C)cc1Nc1ncc(C)c(-c2c[nH]c3c(NC(=O)C(N4CCN(C)CC4)C(F)(F)F)nccc23)n1. The lowest BCUT2D eigenvalue weighted by atomic mass is 10.1. The van der Waals surface area contributed by atoms with Crippen molar-refractivity contribution in [1.82, 2.24) is 39.5 Å². The lowest BCUT2D eigenvalue weighted by Gasteiger charge is -2.37. The fraction of sp³-hybridized carbons (Fsp3) is 0.400. The number of piperazine rings is 1. The number of carbonyl (C=O) groups is 1. The van der Waals surface area contributed by atoms with Gasteiger partial charge in [0.05, 0.1) is 24.5 Å². The summed E-state index contributed by atoms with van der Waals surface area (Å²) in [6.45, 7) is 2.99. The molecule has 1 unspecified atom stereocenters. The van der Waals surface area contributed by atoms with Crippen LogP contribution in [0.1, 0.15) is 5.56 Å². The predicted octanol–water partition coefficient (Wildman–Crippen LogP) is 2.93. The molecule has 15 heteroatoms. The molecule has 4 aromatic heterocycles. The Hall–Kier alpha value is -4.24. The Balaban J connectivity index is 1.44. The number of aryl methyl sites for hydroxylation is 2. The van der Waals surface area contributed by atoms with Gasteiger partial charge in [-0.25, -0.2) is 15.0 Å². The Labute approximate surface area is 227 Å². The molecule has 5 heterocycles. The van der Waals surface area contributed by atoms with Gasteiger partial charge in [0, 0.05) is 62.8 Å². The molecule has 3 N–H and O–H groups in total. The first-order valence-corrected chi connectivity index (χ1v) is 12.5. The molecule has 1 fully saturated rings. The Morgan fingerprint density at radius 3 is 2.62 bits per heavy atom. The first-order chi connectivity index (χ1) is 19.0. The summed E-state index contributed by atoms with van der Waals surface area (Å²) in [6.07, 6.45) is 1.75. The summed E-state index contributed by atoms with van der Waals surface area (Å²) in [5, 5.41) is 10.3. The standard InChI is InChI=1S/C25H29F3N10O2/c1-14-11-31-24(32-17-13-37(3)35-23(17)40-4)33-18(14)16-12-30-19-15(16)5-6-29-21(19)34-22(39)20(25(26,27)28)38-9-7-36(2)8-10-38/h5-6,11-13,20,30H,7-10H2,1-4H3,(H,29,34,39)(H,31,32,33). The van der Waals surface area contributed by atoms with E-state index in [2.05, 4.69) is 35.7 Å². The number of aromatic amines is 1. The monoisotopic (exact) mass is 558 g/mol. The molecule has 5 rings (SSSR count). The number of nitrogens with one attached hydrogen (secondary N) is 3. The summed E-state index contributed by atoms with van der Waals surface area (Å²) in [5.74, 6) is -0.504. The highest BCUT2D eigenvalue weighted by Crippen LogP contribution is 2.34. The van der Waals surface area contributed by atoms with Crippen molar-refractivity contribution in [3.8, 4) is 17.1 Å². The topological polar surface area (TPSA) is 129 Å². The number of carbonyl (C=O) groups excluding carboxylic acids is 1. The van der Waals surface area contributed by atoms with E-state index in [1.165, 1.54) is 13.3 Å². The Morgan fingerprint density at radius 1 is 1.18 bits per heavy atom. The molecular weight excluding hydrogens is 529 g/mol. The van der Waals surface area contributed by atoms with Crippen LogP contribution in [0, 0.1) is 6.92 Å². The van der Waals surface area contributed by atoms with Crippen LogP contribution in [0.4, 0.5) is 30.6 Å². The van der Waals surface area contributed by atoms with E-state index in [-0.39, 0.29) is 18.9 Å². The van der Waals surface area contributed by atoms with Crippen molar-refractivity contribution in [2.24, 2.45) is 7.05 Å². The van der Waals surface area contributed by atoms with Gasteiger partial charge in [-0.3, -0.25) is 14.4 Å². The smallest absolute Gasteiger partial charge is 0.412 e. The van der Waals surface area contributed by atoms with Crippen molar-refractivity contribution < 1.29 is 22.7 Å². The third-order valence-electron chi connectivity index (χ3n) is 6.77. The van der Waals surface area contributed by atoms with E-state index in [1.54, 1.807) is 36.4 Å². The summed E-state index contributed by atoms with van der Waals surface area (Å²) in [5.41, 5.74) is 2.97. The van der Waals surface area contributed by atoms with Crippen molar-refractivity contribution in [2.75, 3.05) is 51.0 Å². The largest absolute Gasteiger partial charge is 0.478 e. The van der Waals surface area contributed by atoms with Crippen LogP contribution >= 0.6 is 0 Å². The summed E-state index contributed by atoms with van der Waals surface area (Å²) >= 11 is 0. The fourth-order valence-corrected chi connectivity index (χ4v) is 4.73. The minimum atomic E-state index is -4.74. The number of H-pyrrole nitrogens is 1. The van der Waals surface area contributed by atoms with E-state index >= 15 is 0 Å². The number of fused-ring (bicyclic) bond motifs is 1. The van der Waals surface area contributed by atoms with Crippen LogP contribution in [-0.2, 0) is 11.8 Å². The molecule has 1 aliphatic heterocycles. The number of rotatable bonds is 7. The van der Waals surface area contributed by atoms with E-state index in [1.807, 2.05) is 18.9 Å². The molecule has 40 heavy (non-hydrogen) atoms. The molecule has 1 atom stereocenters. The number of nitrogens with zero attached hydrogens (tertiary/aromatic N) is 7. The fourth-order valence-electron chi connectivity index (χ4n) is 4.73. The molecule has 12 nitrogen and oxygen atoms in total. The molecule has 0 aromatic carbocycles. The quantitative estimate of drug-likeness (QED) is 0.314. The minimum Gasteiger partial charge on any atom is -0.478 e. The molecular formula is C25H29F3N10O2. The van der Waals surface area contributed by atoms with Gasteiger partial charge in [0.2, 0.25) is 5.95 Å². The molecule has 1 amide bonds. The number of halogens is 3. The van der Waals surface area contributed by atoms with Gasteiger partial charge < -0.3 is 25.3 Å². The molecule has 1 saturated heterocycles. The number of ether oxygens (including phenoxy) is 1. The number of anilines is 3. The van der Waals surface area contributed by atoms with E-state index in [4.69, 9.17) is 4.74 Å². The van der Waals surface area contributed by atoms with Crippen LogP contribution in [0.25, 0.3) is 22.2 Å². The molecule has 0 radical (unpaired) electrons. The Kier molecular flexibility index (Phi) is 7.33. The number of methoxy groups -OCH3 is 1. The number of amides is 1. The highest BCUT2D eigenvalue weighted by molar-refractivity contribution is 6.05. The van der Waals surface area contributed by atoms with Gasteiger partial charge >= 0.3 is 6.18 Å². The zero-order valence-corrected chi connectivity index (χ0v) is 22.4. The number of hydrogen-bond donors (Lipinski definition) is 3. The van der Waals surface area contributed by atoms with E-state index in [9.17, 15) is 18.0 Å². The number of aromatic nitrogens is 6. The molecule has 4 aromatic rings. The molecule has 0 spiro atoms. The van der Waals surface area contributed by atoms with Gasteiger partial charge in [-0.15, -0.1) is 5.10 Å². The highest BCUT2D eigenvalue weighted by Gasteiger charge is 2.49. The van der Waals surface area contributed by atoms with Crippen molar-refractivity contribution >= 4 is 34.3 Å². The van der Waals surface area contributed by atoms with Gasteiger partial charge in [-0.1, -0.05) is 0 Å². The lowest BCUT2D eigenvalue weighted by molar-refractivity contribution is -0.189. The van der Waals surface area contributed by atoms with Gasteiger partial charge in [-0.2, -0.15) is 13.2 Å². The first-order valence-electron chi connectivity index (χ1n) is 12.5. The maximum Gasteiger partial charge on any atom is 0.412 e. The average molecular weight is 559 g/mol. The summed E-state index contributed by atoms with van der Waals surface area (Å²) in [4.78, 5) is 32.3. The summed E-state index contributed by atoms with van der Waals surface area (Å²) in [6, 6.07) is -0.577. The number of pyridine rings is 1. The van der Waals surface area contributed by atoms with Crippen molar-refractivity contribution in [3.63, 3.8) is 0 Å². The summed E-state index contributed by atoms with van der Waals surface area (Å²) < 4.78 is 48.9. The molecule has 0 saturated carbocycles. The van der Waals surface area contributed by atoms with Gasteiger partial charge in [0.25, 0.3) is 11.8 Å². The Morgan fingerprint density at radius 2 is 1.93 bits per heavy atom. The second kappa shape index (κ2) is 10.7. The van der Waals surface area contributed by atoms with Crippen LogP contribution in [0.3, 0.4) is 0 Å². The second-order valence-corrected chi connectivity index (χ2v) is 9.63. The Bertz CT molecular complexity index is 1530. The predicted molar refractivity (Wildman–Crippen MR) is 142 cm³/mol. The van der Waals surface area contributed by atoms with Gasteiger partial charge in [-0.05, 0) is 25.6 Å².